The predicted molar refractivity (Wildman–Crippen MR) is 93.0 cm³/mol. The topological polar surface area (TPSA) is 83.5 Å². The van der Waals surface area contributed by atoms with E-state index in [1.807, 2.05) is 12.1 Å². The molecule has 0 radical (unpaired) electrons. The zero-order valence-corrected chi connectivity index (χ0v) is 14.0. The van der Waals surface area contributed by atoms with E-state index in [1.165, 1.54) is 12.1 Å². The molecule has 2 N–H and O–H groups in total. The lowest BCUT2D eigenvalue weighted by molar-refractivity contribution is 0.102. The summed E-state index contributed by atoms with van der Waals surface area (Å²) in [6.07, 6.45) is 0. The molecule has 0 aliphatic heterocycles. The van der Waals surface area contributed by atoms with Crippen LogP contribution >= 0.6 is 0 Å². The summed E-state index contributed by atoms with van der Waals surface area (Å²) < 4.78 is 34.9. The van der Waals surface area contributed by atoms with Gasteiger partial charge in [0, 0.05) is 11.1 Å². The van der Waals surface area contributed by atoms with Gasteiger partial charge in [-0.2, -0.15) is 8.42 Å². The molecule has 0 saturated carbocycles. The number of aromatic hydroxyl groups is 1. The van der Waals surface area contributed by atoms with Crippen LogP contribution < -0.4 is 5.32 Å². The van der Waals surface area contributed by atoms with E-state index in [0.29, 0.717) is 16.6 Å². The molecule has 0 fully saturated rings. The summed E-state index contributed by atoms with van der Waals surface area (Å²) in [5.74, 6) is -0.696. The Balaban J connectivity index is 1.94. The van der Waals surface area contributed by atoms with Crippen LogP contribution in [0, 0.1) is 6.92 Å². The Kier molecular flexibility index (Phi) is 4.18. The first-order chi connectivity index (χ1) is 11.8. The highest BCUT2D eigenvalue weighted by Gasteiger charge is 2.17. The first-order valence-corrected chi connectivity index (χ1v) is 8.73. The van der Waals surface area contributed by atoms with Gasteiger partial charge in [0.05, 0.1) is 10.5 Å². The lowest BCUT2D eigenvalue weighted by Crippen LogP contribution is -2.13. The van der Waals surface area contributed by atoms with E-state index in [4.69, 9.17) is 0 Å². The molecule has 0 atom stereocenters. The third-order valence-electron chi connectivity index (χ3n) is 3.87. The molecule has 128 valence electrons. The van der Waals surface area contributed by atoms with Gasteiger partial charge in [0.15, 0.2) is 0 Å². The maximum Gasteiger partial charge on any atom is 0.332 e. The second kappa shape index (κ2) is 6.18. The smallest absolute Gasteiger partial charge is 0.332 e. The van der Waals surface area contributed by atoms with E-state index >= 15 is 0 Å². The van der Waals surface area contributed by atoms with Crippen molar-refractivity contribution in [2.75, 3.05) is 5.32 Å². The molecule has 3 aromatic carbocycles. The largest absolute Gasteiger partial charge is 0.506 e. The van der Waals surface area contributed by atoms with Crippen LogP contribution in [-0.2, 0) is 10.2 Å². The van der Waals surface area contributed by atoms with Crippen LogP contribution in [-0.4, -0.2) is 19.4 Å². The molecule has 5 nitrogen and oxygen atoms in total. The quantitative estimate of drug-likeness (QED) is 0.698. The van der Waals surface area contributed by atoms with Crippen molar-refractivity contribution in [1.82, 2.24) is 0 Å². The monoisotopic (exact) mass is 359 g/mol. The Hall–Kier alpha value is -2.93. The Morgan fingerprint density at radius 2 is 1.80 bits per heavy atom. The van der Waals surface area contributed by atoms with Gasteiger partial charge in [-0.05, 0) is 42.1 Å². The van der Waals surface area contributed by atoms with Crippen LogP contribution in [0.1, 0.15) is 15.9 Å². The van der Waals surface area contributed by atoms with Crippen molar-refractivity contribution in [3.8, 4) is 5.75 Å². The SMILES string of the molecule is Cc1cc(S(=O)(=O)F)ccc1NC(=O)c1ccc2ccccc2c1O. The van der Waals surface area contributed by atoms with Gasteiger partial charge in [0.2, 0.25) is 0 Å². The number of rotatable bonds is 3. The number of phenolic OH excluding ortho intramolecular Hbond substituents is 1. The molecule has 0 heterocycles. The molecule has 0 aliphatic carbocycles. The maximum absolute atomic E-state index is 13.0. The molecule has 0 unspecified atom stereocenters. The average molecular weight is 359 g/mol. The number of aryl methyl sites for hydroxylation is 1. The number of carbonyl (C=O) groups excluding carboxylic acids is 1. The van der Waals surface area contributed by atoms with Gasteiger partial charge >= 0.3 is 10.2 Å². The second-order valence-corrected chi connectivity index (χ2v) is 6.90. The maximum atomic E-state index is 13.0. The summed E-state index contributed by atoms with van der Waals surface area (Å²) in [6.45, 7) is 1.55. The average Bonchev–Trinajstić information content (AvgIpc) is 2.56. The number of carbonyl (C=O) groups is 1. The van der Waals surface area contributed by atoms with Gasteiger partial charge in [-0.3, -0.25) is 4.79 Å². The summed E-state index contributed by atoms with van der Waals surface area (Å²) >= 11 is 0. The molecule has 0 bridgehead atoms. The zero-order valence-electron chi connectivity index (χ0n) is 13.2. The fourth-order valence-corrected chi connectivity index (χ4v) is 3.10. The third-order valence-corrected chi connectivity index (χ3v) is 4.69. The lowest BCUT2D eigenvalue weighted by atomic mass is 10.0. The molecular formula is C18H14FNO4S. The van der Waals surface area contributed by atoms with Crippen molar-refractivity contribution in [3.63, 3.8) is 0 Å². The first kappa shape index (κ1) is 16.9. The molecule has 25 heavy (non-hydrogen) atoms. The number of nitrogens with one attached hydrogen (secondary N) is 1. The summed E-state index contributed by atoms with van der Waals surface area (Å²) in [5.41, 5.74) is 0.789. The normalized spacial score (nSPS) is 11.4. The molecule has 3 aromatic rings. The summed E-state index contributed by atoms with van der Waals surface area (Å²) in [5, 5.41) is 14.3. The fourth-order valence-electron chi connectivity index (χ4n) is 2.56. The van der Waals surface area contributed by atoms with E-state index < -0.39 is 21.0 Å². The van der Waals surface area contributed by atoms with Crippen molar-refractivity contribution in [2.24, 2.45) is 0 Å². The van der Waals surface area contributed by atoms with Gasteiger partial charge in [-0.15, -0.1) is 3.89 Å². The first-order valence-electron chi connectivity index (χ1n) is 7.35. The standard InChI is InChI=1S/C18H14FNO4S/c1-11-10-13(25(19,23)24)7-9-16(11)20-18(22)15-8-6-12-4-2-3-5-14(12)17(15)21/h2-10,21H,1H3,(H,20,22). The van der Waals surface area contributed by atoms with Crippen molar-refractivity contribution in [3.05, 3.63) is 65.7 Å². The lowest BCUT2D eigenvalue weighted by Gasteiger charge is -2.11. The predicted octanol–water partition coefficient (Wildman–Crippen LogP) is 3.76. The minimum Gasteiger partial charge on any atom is -0.506 e. The van der Waals surface area contributed by atoms with Gasteiger partial charge in [-0.25, -0.2) is 0 Å². The number of anilines is 1. The Morgan fingerprint density at radius 3 is 2.48 bits per heavy atom. The third kappa shape index (κ3) is 3.32. The molecule has 0 aliphatic rings. The molecule has 0 saturated heterocycles. The highest BCUT2D eigenvalue weighted by Crippen LogP contribution is 2.29. The van der Waals surface area contributed by atoms with Crippen LogP contribution in [0.3, 0.4) is 0 Å². The van der Waals surface area contributed by atoms with Crippen LogP contribution in [0.4, 0.5) is 9.57 Å². The van der Waals surface area contributed by atoms with Crippen molar-refractivity contribution in [2.45, 2.75) is 11.8 Å². The molecule has 0 aromatic heterocycles. The number of halogens is 1. The highest BCUT2D eigenvalue weighted by atomic mass is 32.3. The number of benzene rings is 3. The van der Waals surface area contributed by atoms with Crippen LogP contribution in [0.5, 0.6) is 5.75 Å². The Labute approximate surface area is 143 Å². The molecule has 7 heteroatoms. The minimum absolute atomic E-state index is 0.0836. The van der Waals surface area contributed by atoms with E-state index in [2.05, 4.69) is 5.32 Å². The van der Waals surface area contributed by atoms with Gasteiger partial charge in [-0.1, -0.05) is 30.3 Å². The summed E-state index contributed by atoms with van der Waals surface area (Å²) in [7, 11) is -4.81. The van der Waals surface area contributed by atoms with Gasteiger partial charge in [0.1, 0.15) is 5.75 Å². The Morgan fingerprint density at radius 1 is 1.08 bits per heavy atom. The van der Waals surface area contributed by atoms with Crippen molar-refractivity contribution in [1.29, 1.82) is 0 Å². The van der Waals surface area contributed by atoms with Crippen molar-refractivity contribution < 1.29 is 22.2 Å². The van der Waals surface area contributed by atoms with Crippen molar-refractivity contribution >= 4 is 32.6 Å². The van der Waals surface area contributed by atoms with Crippen LogP contribution in [0.15, 0.2) is 59.5 Å². The fraction of sp³-hybridized carbons (Fsp3) is 0.0556. The second-order valence-electron chi connectivity index (χ2n) is 5.55. The number of phenols is 1. The summed E-state index contributed by atoms with van der Waals surface area (Å²) in [4.78, 5) is 12.0. The van der Waals surface area contributed by atoms with E-state index in [1.54, 1.807) is 25.1 Å². The van der Waals surface area contributed by atoms with Gasteiger partial charge in [0.25, 0.3) is 5.91 Å². The minimum atomic E-state index is -4.81. The molecular weight excluding hydrogens is 345 g/mol. The number of amides is 1. The Bertz CT molecular complexity index is 1090. The van der Waals surface area contributed by atoms with Gasteiger partial charge < -0.3 is 10.4 Å². The van der Waals surface area contributed by atoms with Crippen LogP contribution in [0.25, 0.3) is 10.8 Å². The highest BCUT2D eigenvalue weighted by molar-refractivity contribution is 7.86. The number of hydrogen-bond donors (Lipinski definition) is 2. The number of hydrogen-bond acceptors (Lipinski definition) is 4. The van der Waals surface area contributed by atoms with E-state index in [9.17, 15) is 22.2 Å². The molecule has 1 amide bonds. The van der Waals surface area contributed by atoms with E-state index in [-0.39, 0.29) is 11.3 Å². The molecule has 0 spiro atoms. The molecule has 3 rings (SSSR count). The number of fused-ring (bicyclic) bond motifs is 1. The zero-order chi connectivity index (χ0) is 18.2. The van der Waals surface area contributed by atoms with E-state index in [0.717, 1.165) is 17.5 Å². The van der Waals surface area contributed by atoms with Crippen LogP contribution in [0.2, 0.25) is 0 Å². The summed E-state index contributed by atoms with van der Waals surface area (Å²) in [6, 6.07) is 13.8.